The molecule has 4 saturated heterocycles. The Morgan fingerprint density at radius 2 is 1.00 bits per heavy atom. The van der Waals surface area contributed by atoms with E-state index in [9.17, 15) is 0 Å². The van der Waals surface area contributed by atoms with Crippen LogP contribution in [-0.4, -0.2) is 84.0 Å². The highest BCUT2D eigenvalue weighted by Gasteiger charge is 2.43. The minimum absolute atomic E-state index is 0.773. The van der Waals surface area contributed by atoms with E-state index in [-0.39, 0.29) is 0 Å². The van der Waals surface area contributed by atoms with E-state index in [0.29, 0.717) is 0 Å². The Hall–Kier alpha value is -1.72. The fourth-order valence-electron chi connectivity index (χ4n) is 6.95. The minimum Gasteiger partial charge on any atom is -0.300 e. The first-order chi connectivity index (χ1) is 15.8. The van der Waals surface area contributed by atoms with Crippen LogP contribution in [0.4, 0.5) is 0 Å². The van der Waals surface area contributed by atoms with Gasteiger partial charge >= 0.3 is 0 Å². The lowest BCUT2D eigenvalue weighted by molar-refractivity contribution is 0.189. The fraction of sp³-hybridized carbons (Fsp3) is 0.571. The summed E-state index contributed by atoms with van der Waals surface area (Å²) in [5.74, 6) is 1.77. The summed E-state index contributed by atoms with van der Waals surface area (Å²) in [6.45, 7) is 12.5. The molecular formula is C28H38N4. The van der Waals surface area contributed by atoms with Crippen molar-refractivity contribution in [3.63, 3.8) is 0 Å². The van der Waals surface area contributed by atoms with Gasteiger partial charge in [0.05, 0.1) is 0 Å². The number of nitrogens with zero attached hydrogens (tertiary/aromatic N) is 4. The van der Waals surface area contributed by atoms with E-state index in [0.717, 1.165) is 37.0 Å². The van der Waals surface area contributed by atoms with Crippen molar-refractivity contribution in [2.45, 2.75) is 38.0 Å². The molecule has 0 aliphatic carbocycles. The molecule has 4 aliphatic heterocycles. The van der Waals surface area contributed by atoms with Gasteiger partial charge in [0.15, 0.2) is 0 Å². The first kappa shape index (κ1) is 20.9. The molecule has 0 amide bonds. The first-order valence-corrected chi connectivity index (χ1v) is 12.8. The third-order valence-corrected chi connectivity index (χ3v) is 8.67. The Kier molecular flexibility index (Phi) is 6.04. The number of likely N-dealkylation sites (tertiary alicyclic amines) is 4. The van der Waals surface area contributed by atoms with Gasteiger partial charge in [-0.05, 0) is 48.9 Å². The maximum absolute atomic E-state index is 2.77. The Labute approximate surface area is 193 Å². The fourth-order valence-corrected chi connectivity index (χ4v) is 6.95. The zero-order valence-electron chi connectivity index (χ0n) is 19.4. The average molecular weight is 431 g/mol. The molecule has 0 unspecified atom stereocenters. The standard InChI is InChI=1S/C28H38N4/c1-3-7-23(8-4-1)17-31-13-11-25-19-29(21-27(25)31)15-16-30-20-26-12-14-32(28(26)22-30)18-24-9-5-2-6-10-24/h1-10,25-28H,11-22H2/t25-,26+,27+,28-. The third kappa shape index (κ3) is 4.38. The van der Waals surface area contributed by atoms with Crippen molar-refractivity contribution in [3.05, 3.63) is 71.8 Å². The van der Waals surface area contributed by atoms with Gasteiger partial charge in [-0.3, -0.25) is 9.80 Å². The van der Waals surface area contributed by atoms with E-state index in [1.807, 2.05) is 0 Å². The molecule has 0 N–H and O–H groups in total. The topological polar surface area (TPSA) is 13.0 Å². The SMILES string of the molecule is c1ccc(CN2CC[C@H]3CN(CCN4C[C@H]5CCN(Cc6ccccc6)[C@H]5C4)C[C@H]32)cc1. The molecule has 4 aliphatic rings. The lowest BCUT2D eigenvalue weighted by Gasteiger charge is -2.27. The van der Waals surface area contributed by atoms with Crippen LogP contribution in [0.3, 0.4) is 0 Å². The number of benzene rings is 2. The highest BCUT2D eigenvalue weighted by Crippen LogP contribution is 2.34. The summed E-state index contributed by atoms with van der Waals surface area (Å²) < 4.78 is 0. The van der Waals surface area contributed by atoms with Crippen LogP contribution in [0.2, 0.25) is 0 Å². The summed E-state index contributed by atoms with van der Waals surface area (Å²) in [6.07, 6.45) is 2.77. The molecule has 32 heavy (non-hydrogen) atoms. The van der Waals surface area contributed by atoms with Gasteiger partial charge in [-0.2, -0.15) is 0 Å². The molecule has 6 rings (SSSR count). The highest BCUT2D eigenvalue weighted by molar-refractivity contribution is 5.16. The normalized spacial score (nSPS) is 31.4. The van der Waals surface area contributed by atoms with Crippen molar-refractivity contribution in [2.75, 3.05) is 52.4 Å². The quantitative estimate of drug-likeness (QED) is 0.667. The van der Waals surface area contributed by atoms with E-state index < -0.39 is 0 Å². The molecule has 4 heterocycles. The molecule has 4 heteroatoms. The molecule has 0 radical (unpaired) electrons. The number of rotatable bonds is 7. The van der Waals surface area contributed by atoms with Gasteiger partial charge in [0.1, 0.15) is 0 Å². The minimum atomic E-state index is 0.773. The Bertz CT molecular complexity index is 798. The average Bonchev–Trinajstić information content (AvgIpc) is 3.57. The smallest absolute Gasteiger partial charge is 0.0267 e. The monoisotopic (exact) mass is 430 g/mol. The van der Waals surface area contributed by atoms with Crippen LogP contribution >= 0.6 is 0 Å². The maximum Gasteiger partial charge on any atom is 0.0267 e. The zero-order chi connectivity index (χ0) is 21.3. The highest BCUT2D eigenvalue weighted by atomic mass is 15.3. The second-order valence-electron chi connectivity index (χ2n) is 10.7. The van der Waals surface area contributed by atoms with Gasteiger partial charge in [-0.25, -0.2) is 0 Å². The van der Waals surface area contributed by atoms with E-state index in [2.05, 4.69) is 80.3 Å². The summed E-state index contributed by atoms with van der Waals surface area (Å²) in [6, 6.07) is 23.6. The summed E-state index contributed by atoms with van der Waals surface area (Å²) in [5.41, 5.74) is 2.94. The predicted octanol–water partition coefficient (Wildman–Crippen LogP) is 3.40. The van der Waals surface area contributed by atoms with Crippen molar-refractivity contribution >= 4 is 0 Å². The van der Waals surface area contributed by atoms with Gasteiger partial charge in [0, 0.05) is 64.4 Å². The van der Waals surface area contributed by atoms with E-state index in [4.69, 9.17) is 0 Å². The van der Waals surface area contributed by atoms with Crippen LogP contribution < -0.4 is 0 Å². The summed E-state index contributed by atoms with van der Waals surface area (Å²) in [5, 5.41) is 0. The Morgan fingerprint density at radius 1 is 0.562 bits per heavy atom. The zero-order valence-corrected chi connectivity index (χ0v) is 19.4. The van der Waals surface area contributed by atoms with Crippen LogP contribution in [0.15, 0.2) is 60.7 Å². The molecule has 4 nitrogen and oxygen atoms in total. The molecule has 0 spiro atoms. The van der Waals surface area contributed by atoms with Crippen LogP contribution in [-0.2, 0) is 13.1 Å². The summed E-state index contributed by atoms with van der Waals surface area (Å²) in [4.78, 5) is 11.0. The van der Waals surface area contributed by atoms with E-state index in [1.54, 1.807) is 0 Å². The molecule has 0 bridgehead atoms. The van der Waals surface area contributed by atoms with Gasteiger partial charge in [-0.1, -0.05) is 60.7 Å². The Balaban J connectivity index is 0.980. The van der Waals surface area contributed by atoms with Crippen molar-refractivity contribution < 1.29 is 0 Å². The van der Waals surface area contributed by atoms with Crippen LogP contribution in [0, 0.1) is 11.8 Å². The lowest BCUT2D eigenvalue weighted by Crippen LogP contribution is -2.39. The summed E-state index contributed by atoms with van der Waals surface area (Å²) in [7, 11) is 0. The second-order valence-corrected chi connectivity index (χ2v) is 10.7. The number of hydrogen-bond acceptors (Lipinski definition) is 4. The van der Waals surface area contributed by atoms with Crippen molar-refractivity contribution in [1.82, 2.24) is 19.6 Å². The largest absolute Gasteiger partial charge is 0.300 e. The maximum atomic E-state index is 2.77. The van der Waals surface area contributed by atoms with Gasteiger partial charge in [0.25, 0.3) is 0 Å². The lowest BCUT2D eigenvalue weighted by atomic mass is 10.0. The van der Waals surface area contributed by atoms with E-state index >= 15 is 0 Å². The Morgan fingerprint density at radius 3 is 1.44 bits per heavy atom. The first-order valence-electron chi connectivity index (χ1n) is 12.8. The van der Waals surface area contributed by atoms with Gasteiger partial charge in [-0.15, -0.1) is 0 Å². The number of hydrogen-bond donors (Lipinski definition) is 0. The van der Waals surface area contributed by atoms with Crippen LogP contribution in [0.25, 0.3) is 0 Å². The molecule has 2 aromatic carbocycles. The molecule has 4 fully saturated rings. The third-order valence-electron chi connectivity index (χ3n) is 8.67. The summed E-state index contributed by atoms with van der Waals surface area (Å²) >= 11 is 0. The van der Waals surface area contributed by atoms with E-state index in [1.165, 1.54) is 76.3 Å². The van der Waals surface area contributed by atoms with Crippen molar-refractivity contribution in [2.24, 2.45) is 11.8 Å². The molecule has 2 aromatic rings. The molecule has 170 valence electrons. The van der Waals surface area contributed by atoms with Crippen molar-refractivity contribution in [1.29, 1.82) is 0 Å². The van der Waals surface area contributed by atoms with Crippen LogP contribution in [0.5, 0.6) is 0 Å². The molecule has 4 atom stereocenters. The van der Waals surface area contributed by atoms with Crippen molar-refractivity contribution in [3.8, 4) is 0 Å². The number of fused-ring (bicyclic) bond motifs is 2. The van der Waals surface area contributed by atoms with Gasteiger partial charge < -0.3 is 9.80 Å². The molecule has 0 saturated carbocycles. The van der Waals surface area contributed by atoms with Crippen LogP contribution in [0.1, 0.15) is 24.0 Å². The molecular weight excluding hydrogens is 392 g/mol. The second kappa shape index (κ2) is 9.26. The molecule has 0 aromatic heterocycles. The van der Waals surface area contributed by atoms with Gasteiger partial charge in [0.2, 0.25) is 0 Å². The predicted molar refractivity (Wildman–Crippen MR) is 130 cm³/mol.